The molecule has 4 nitrogen and oxygen atoms in total. The van der Waals surface area contributed by atoms with Crippen molar-refractivity contribution in [2.24, 2.45) is 5.92 Å². The van der Waals surface area contributed by atoms with Crippen molar-refractivity contribution in [1.29, 1.82) is 0 Å². The lowest BCUT2D eigenvalue weighted by molar-refractivity contribution is 0.251. The molecule has 0 radical (unpaired) electrons. The molecule has 4 heteroatoms. The van der Waals surface area contributed by atoms with Crippen LogP contribution in [0.3, 0.4) is 0 Å². The Morgan fingerprint density at radius 1 is 1.47 bits per heavy atom. The van der Waals surface area contributed by atoms with Gasteiger partial charge in [0.15, 0.2) is 0 Å². The number of urea groups is 1. The van der Waals surface area contributed by atoms with E-state index in [1.807, 2.05) is 18.2 Å². The molecule has 0 heterocycles. The van der Waals surface area contributed by atoms with Crippen molar-refractivity contribution < 1.29 is 4.79 Å². The topological polar surface area (TPSA) is 53.2 Å². The van der Waals surface area contributed by atoms with E-state index < -0.39 is 0 Å². The molecule has 3 unspecified atom stereocenters. The Morgan fingerprint density at radius 2 is 2.21 bits per heavy atom. The SMILES string of the molecule is CCNC(C)c1cccc(NC(=O)NC2CC2C)c1. The Hall–Kier alpha value is -1.55. The smallest absolute Gasteiger partial charge is 0.319 e. The molecule has 2 amide bonds. The number of amides is 2. The van der Waals surface area contributed by atoms with Gasteiger partial charge < -0.3 is 16.0 Å². The zero-order valence-electron chi connectivity index (χ0n) is 11.9. The van der Waals surface area contributed by atoms with Crippen LogP contribution >= 0.6 is 0 Å². The van der Waals surface area contributed by atoms with E-state index in [-0.39, 0.29) is 6.03 Å². The second-order valence-corrected chi connectivity index (χ2v) is 5.32. The van der Waals surface area contributed by atoms with Crippen LogP contribution in [0.15, 0.2) is 24.3 Å². The fourth-order valence-corrected chi connectivity index (χ4v) is 2.17. The van der Waals surface area contributed by atoms with Crippen LogP contribution in [0.1, 0.15) is 38.8 Å². The summed E-state index contributed by atoms with van der Waals surface area (Å²) in [4.78, 5) is 11.8. The molecule has 0 aliphatic heterocycles. The highest BCUT2D eigenvalue weighted by Crippen LogP contribution is 2.29. The van der Waals surface area contributed by atoms with Gasteiger partial charge in [0.05, 0.1) is 0 Å². The van der Waals surface area contributed by atoms with Crippen molar-refractivity contribution in [1.82, 2.24) is 10.6 Å². The molecule has 104 valence electrons. The largest absolute Gasteiger partial charge is 0.335 e. The van der Waals surface area contributed by atoms with Crippen molar-refractivity contribution in [2.45, 2.75) is 39.3 Å². The molecule has 1 aromatic carbocycles. The third-order valence-electron chi connectivity index (χ3n) is 3.58. The van der Waals surface area contributed by atoms with E-state index in [2.05, 4.69) is 42.8 Å². The van der Waals surface area contributed by atoms with Gasteiger partial charge in [-0.05, 0) is 43.5 Å². The second-order valence-electron chi connectivity index (χ2n) is 5.32. The number of hydrogen-bond acceptors (Lipinski definition) is 2. The number of carbonyl (C=O) groups excluding carboxylic acids is 1. The van der Waals surface area contributed by atoms with Crippen LogP contribution in [0, 0.1) is 5.92 Å². The molecule has 3 N–H and O–H groups in total. The highest BCUT2D eigenvalue weighted by Gasteiger charge is 2.33. The van der Waals surface area contributed by atoms with E-state index in [1.54, 1.807) is 0 Å². The number of benzene rings is 1. The summed E-state index contributed by atoms with van der Waals surface area (Å²) in [6.07, 6.45) is 1.09. The molecule has 0 spiro atoms. The summed E-state index contributed by atoms with van der Waals surface area (Å²) in [7, 11) is 0. The maximum absolute atomic E-state index is 11.8. The highest BCUT2D eigenvalue weighted by molar-refractivity contribution is 5.89. The van der Waals surface area contributed by atoms with Gasteiger partial charge in [-0.25, -0.2) is 4.79 Å². The molecule has 1 saturated carbocycles. The first-order valence-electron chi connectivity index (χ1n) is 7.01. The molecule has 0 aromatic heterocycles. The molecule has 2 rings (SSSR count). The first kappa shape index (κ1) is 13.9. The lowest BCUT2D eigenvalue weighted by Gasteiger charge is -2.14. The minimum absolute atomic E-state index is 0.109. The van der Waals surface area contributed by atoms with E-state index in [1.165, 1.54) is 5.56 Å². The van der Waals surface area contributed by atoms with E-state index >= 15 is 0 Å². The third kappa shape index (κ3) is 3.96. The lowest BCUT2D eigenvalue weighted by atomic mass is 10.1. The Bertz CT molecular complexity index is 447. The maximum atomic E-state index is 11.8. The van der Waals surface area contributed by atoms with Gasteiger partial charge in [0.1, 0.15) is 0 Å². The first-order chi connectivity index (χ1) is 9.10. The molecule has 1 aliphatic carbocycles. The van der Waals surface area contributed by atoms with Crippen LogP contribution in [0.2, 0.25) is 0 Å². The van der Waals surface area contributed by atoms with E-state index in [0.29, 0.717) is 18.0 Å². The summed E-state index contributed by atoms with van der Waals surface area (Å²) in [5.41, 5.74) is 2.02. The van der Waals surface area contributed by atoms with Crippen molar-refractivity contribution in [2.75, 3.05) is 11.9 Å². The number of anilines is 1. The van der Waals surface area contributed by atoms with Gasteiger partial charge >= 0.3 is 6.03 Å². The fourth-order valence-electron chi connectivity index (χ4n) is 2.17. The predicted octanol–water partition coefficient (Wildman–Crippen LogP) is 2.89. The zero-order valence-corrected chi connectivity index (χ0v) is 11.9. The fraction of sp³-hybridized carbons (Fsp3) is 0.533. The van der Waals surface area contributed by atoms with Crippen LogP contribution in [0.25, 0.3) is 0 Å². The van der Waals surface area contributed by atoms with Crippen molar-refractivity contribution in [3.05, 3.63) is 29.8 Å². The van der Waals surface area contributed by atoms with E-state index in [0.717, 1.165) is 18.7 Å². The quantitative estimate of drug-likeness (QED) is 0.763. The van der Waals surface area contributed by atoms with Gasteiger partial charge in [-0.15, -0.1) is 0 Å². The number of carbonyl (C=O) groups is 1. The Kier molecular flexibility index (Phi) is 4.43. The van der Waals surface area contributed by atoms with E-state index in [4.69, 9.17) is 0 Å². The van der Waals surface area contributed by atoms with Crippen LogP contribution in [-0.4, -0.2) is 18.6 Å². The molecular weight excluding hydrogens is 238 g/mol. The number of hydrogen-bond donors (Lipinski definition) is 3. The van der Waals surface area contributed by atoms with Crippen LogP contribution in [-0.2, 0) is 0 Å². The zero-order chi connectivity index (χ0) is 13.8. The summed E-state index contributed by atoms with van der Waals surface area (Å²) in [6.45, 7) is 7.28. The van der Waals surface area contributed by atoms with Gasteiger partial charge in [0.2, 0.25) is 0 Å². The Balaban J connectivity index is 1.92. The standard InChI is InChI=1S/C15H23N3O/c1-4-16-11(3)12-6-5-7-13(9-12)17-15(19)18-14-8-10(14)2/h5-7,9-11,14,16H,4,8H2,1-3H3,(H2,17,18,19). The number of nitrogens with one attached hydrogen (secondary N) is 3. The van der Waals surface area contributed by atoms with Gasteiger partial charge in [0.25, 0.3) is 0 Å². The normalized spacial score (nSPS) is 22.7. The molecule has 0 bridgehead atoms. The Labute approximate surface area is 115 Å². The average molecular weight is 261 g/mol. The summed E-state index contributed by atoms with van der Waals surface area (Å²) in [5, 5.41) is 9.22. The summed E-state index contributed by atoms with van der Waals surface area (Å²) < 4.78 is 0. The predicted molar refractivity (Wildman–Crippen MR) is 78.3 cm³/mol. The summed E-state index contributed by atoms with van der Waals surface area (Å²) in [5.74, 6) is 0.617. The summed E-state index contributed by atoms with van der Waals surface area (Å²) in [6, 6.07) is 8.50. The van der Waals surface area contributed by atoms with Crippen molar-refractivity contribution in [3.63, 3.8) is 0 Å². The third-order valence-corrected chi connectivity index (χ3v) is 3.58. The molecule has 0 saturated heterocycles. The summed E-state index contributed by atoms with van der Waals surface area (Å²) >= 11 is 0. The van der Waals surface area contributed by atoms with Gasteiger partial charge in [-0.3, -0.25) is 0 Å². The molecule has 3 atom stereocenters. The molecular formula is C15H23N3O. The minimum Gasteiger partial charge on any atom is -0.335 e. The van der Waals surface area contributed by atoms with E-state index in [9.17, 15) is 4.79 Å². The van der Waals surface area contributed by atoms with Crippen molar-refractivity contribution in [3.8, 4) is 0 Å². The van der Waals surface area contributed by atoms with Crippen LogP contribution in [0.4, 0.5) is 10.5 Å². The molecule has 19 heavy (non-hydrogen) atoms. The van der Waals surface area contributed by atoms with Gasteiger partial charge in [0, 0.05) is 17.8 Å². The van der Waals surface area contributed by atoms with Gasteiger partial charge in [-0.1, -0.05) is 26.0 Å². The maximum Gasteiger partial charge on any atom is 0.319 e. The van der Waals surface area contributed by atoms with Gasteiger partial charge in [-0.2, -0.15) is 0 Å². The first-order valence-corrected chi connectivity index (χ1v) is 7.01. The average Bonchev–Trinajstić information content (AvgIpc) is 3.05. The molecule has 1 fully saturated rings. The molecule has 1 aliphatic rings. The Morgan fingerprint density at radius 3 is 2.84 bits per heavy atom. The van der Waals surface area contributed by atoms with Crippen LogP contribution in [0.5, 0.6) is 0 Å². The second kappa shape index (κ2) is 6.06. The highest BCUT2D eigenvalue weighted by atomic mass is 16.2. The molecule has 1 aromatic rings. The van der Waals surface area contributed by atoms with Crippen LogP contribution < -0.4 is 16.0 Å². The minimum atomic E-state index is -0.109. The number of rotatable bonds is 5. The monoisotopic (exact) mass is 261 g/mol. The van der Waals surface area contributed by atoms with Crippen molar-refractivity contribution >= 4 is 11.7 Å². The lowest BCUT2D eigenvalue weighted by Crippen LogP contribution is -2.31.